The summed E-state index contributed by atoms with van der Waals surface area (Å²) in [5.74, 6) is 0.937. The van der Waals surface area contributed by atoms with Crippen LogP contribution in [0.1, 0.15) is 23.1 Å². The highest BCUT2D eigenvalue weighted by Crippen LogP contribution is 2.22. The van der Waals surface area contributed by atoms with Gasteiger partial charge in [0, 0.05) is 18.1 Å². The van der Waals surface area contributed by atoms with Crippen LogP contribution in [0.5, 0.6) is 5.75 Å². The van der Waals surface area contributed by atoms with Crippen molar-refractivity contribution in [2.24, 2.45) is 0 Å². The Morgan fingerprint density at radius 3 is 2.40 bits per heavy atom. The Hall–Kier alpha value is -2.20. The van der Waals surface area contributed by atoms with Gasteiger partial charge in [0.05, 0.1) is 6.61 Å². The highest BCUT2D eigenvalue weighted by Gasteiger charge is 2.04. The molecule has 0 spiro atoms. The van der Waals surface area contributed by atoms with E-state index in [1.54, 1.807) is 0 Å². The van der Waals surface area contributed by atoms with Gasteiger partial charge < -0.3 is 15.4 Å². The van der Waals surface area contributed by atoms with E-state index < -0.39 is 0 Å². The van der Waals surface area contributed by atoms with Crippen LogP contribution in [-0.2, 0) is 6.42 Å². The topological polar surface area (TPSA) is 50.4 Å². The number of para-hydroxylation sites is 1. The van der Waals surface area contributed by atoms with Crippen molar-refractivity contribution >= 4 is 17.6 Å². The van der Waals surface area contributed by atoms with Gasteiger partial charge in [-0.2, -0.15) is 0 Å². The predicted molar refractivity (Wildman–Crippen MR) is 103 cm³/mol. The number of nitrogens with one attached hydrogen (secondary N) is 2. The first-order chi connectivity index (χ1) is 12.1. The molecule has 0 aliphatic carbocycles. The van der Waals surface area contributed by atoms with Crippen LogP contribution in [0.2, 0.25) is 5.02 Å². The molecule has 0 unspecified atom stereocenters. The molecule has 0 saturated carbocycles. The fraction of sp³-hybridized carbons (Fsp3) is 0.350. The minimum absolute atomic E-state index is 0.167. The van der Waals surface area contributed by atoms with Crippen LogP contribution in [0.3, 0.4) is 0 Å². The highest BCUT2D eigenvalue weighted by atomic mass is 35.5. The van der Waals surface area contributed by atoms with Crippen LogP contribution in [0.15, 0.2) is 42.5 Å². The summed E-state index contributed by atoms with van der Waals surface area (Å²) in [5, 5.41) is 6.40. The average Bonchev–Trinajstić information content (AvgIpc) is 2.58. The number of amides is 2. The van der Waals surface area contributed by atoms with Crippen molar-refractivity contribution in [3.05, 3.63) is 64.2 Å². The van der Waals surface area contributed by atoms with Crippen molar-refractivity contribution in [1.29, 1.82) is 0 Å². The number of rotatable bonds is 8. The lowest BCUT2D eigenvalue weighted by molar-refractivity contribution is 0.239. The second-order valence-corrected chi connectivity index (χ2v) is 6.35. The zero-order chi connectivity index (χ0) is 18.1. The molecular formula is C20H25ClN2O2. The second kappa shape index (κ2) is 9.94. The van der Waals surface area contributed by atoms with E-state index in [0.29, 0.717) is 26.1 Å². The first-order valence-electron chi connectivity index (χ1n) is 8.52. The molecule has 2 N–H and O–H groups in total. The lowest BCUT2D eigenvalue weighted by Gasteiger charge is -2.12. The molecule has 5 heteroatoms. The van der Waals surface area contributed by atoms with Gasteiger partial charge in [-0.05, 0) is 49.4 Å². The number of carbonyl (C=O) groups excluding carboxylic acids is 1. The highest BCUT2D eigenvalue weighted by molar-refractivity contribution is 6.31. The average molecular weight is 361 g/mol. The maximum atomic E-state index is 11.8. The van der Waals surface area contributed by atoms with Gasteiger partial charge in [0.25, 0.3) is 0 Å². The van der Waals surface area contributed by atoms with E-state index >= 15 is 0 Å². The quantitative estimate of drug-likeness (QED) is 0.691. The SMILES string of the molecule is Cc1cccc(C)c1OCCCNC(=O)NCCc1ccccc1Cl. The van der Waals surface area contributed by atoms with Crippen molar-refractivity contribution in [2.45, 2.75) is 26.7 Å². The van der Waals surface area contributed by atoms with E-state index in [9.17, 15) is 4.79 Å². The molecule has 2 amide bonds. The molecule has 2 rings (SSSR count). The summed E-state index contributed by atoms with van der Waals surface area (Å²) in [7, 11) is 0. The Morgan fingerprint density at radius 1 is 1.00 bits per heavy atom. The molecule has 0 atom stereocenters. The fourth-order valence-electron chi connectivity index (χ4n) is 2.55. The smallest absolute Gasteiger partial charge is 0.314 e. The van der Waals surface area contributed by atoms with E-state index in [0.717, 1.165) is 33.9 Å². The van der Waals surface area contributed by atoms with Gasteiger partial charge in [0.1, 0.15) is 5.75 Å². The molecule has 0 saturated heterocycles. The molecule has 0 heterocycles. The van der Waals surface area contributed by atoms with Crippen LogP contribution in [0.4, 0.5) is 4.79 Å². The van der Waals surface area contributed by atoms with Gasteiger partial charge in [-0.1, -0.05) is 48.0 Å². The van der Waals surface area contributed by atoms with E-state index in [2.05, 4.69) is 10.6 Å². The Morgan fingerprint density at radius 2 is 1.68 bits per heavy atom. The van der Waals surface area contributed by atoms with Crippen molar-refractivity contribution < 1.29 is 9.53 Å². The van der Waals surface area contributed by atoms with Crippen LogP contribution in [-0.4, -0.2) is 25.7 Å². The van der Waals surface area contributed by atoms with Gasteiger partial charge in [-0.3, -0.25) is 0 Å². The second-order valence-electron chi connectivity index (χ2n) is 5.95. The maximum absolute atomic E-state index is 11.8. The number of hydrogen-bond acceptors (Lipinski definition) is 2. The van der Waals surface area contributed by atoms with Gasteiger partial charge in [-0.15, -0.1) is 0 Å². The molecule has 0 aliphatic rings. The summed E-state index contributed by atoms with van der Waals surface area (Å²) in [6.07, 6.45) is 1.47. The number of ether oxygens (including phenoxy) is 1. The predicted octanol–water partition coefficient (Wildman–Crippen LogP) is 4.27. The summed E-state index contributed by atoms with van der Waals surface area (Å²) in [5.41, 5.74) is 3.29. The van der Waals surface area contributed by atoms with E-state index in [1.807, 2.05) is 56.3 Å². The molecule has 0 aromatic heterocycles. The molecule has 0 aliphatic heterocycles. The summed E-state index contributed by atoms with van der Waals surface area (Å²) >= 11 is 6.09. The molecule has 25 heavy (non-hydrogen) atoms. The standard InChI is InChI=1S/C20H25ClN2O2/c1-15-7-5-8-16(2)19(15)25-14-6-12-22-20(24)23-13-11-17-9-3-4-10-18(17)21/h3-5,7-10H,6,11-14H2,1-2H3,(H2,22,23,24). The molecule has 2 aromatic carbocycles. The van der Waals surface area contributed by atoms with E-state index in [-0.39, 0.29) is 6.03 Å². The number of benzene rings is 2. The maximum Gasteiger partial charge on any atom is 0.314 e. The zero-order valence-electron chi connectivity index (χ0n) is 14.8. The Balaban J connectivity index is 1.59. The molecule has 0 fully saturated rings. The molecule has 0 bridgehead atoms. The summed E-state index contributed by atoms with van der Waals surface area (Å²) < 4.78 is 5.82. The van der Waals surface area contributed by atoms with Crippen LogP contribution < -0.4 is 15.4 Å². The largest absolute Gasteiger partial charge is 0.493 e. The van der Waals surface area contributed by atoms with Gasteiger partial charge in [-0.25, -0.2) is 4.79 Å². The minimum atomic E-state index is -0.167. The number of aryl methyl sites for hydroxylation is 2. The number of hydrogen-bond donors (Lipinski definition) is 2. The number of halogens is 1. The van der Waals surface area contributed by atoms with Crippen molar-refractivity contribution in [1.82, 2.24) is 10.6 Å². The fourth-order valence-corrected chi connectivity index (χ4v) is 2.78. The monoisotopic (exact) mass is 360 g/mol. The first kappa shape index (κ1) is 19.1. The molecule has 4 nitrogen and oxygen atoms in total. The normalized spacial score (nSPS) is 10.4. The molecule has 134 valence electrons. The van der Waals surface area contributed by atoms with Gasteiger partial charge in [0.15, 0.2) is 0 Å². The van der Waals surface area contributed by atoms with Gasteiger partial charge in [0.2, 0.25) is 0 Å². The Labute approximate surface area is 154 Å². The van der Waals surface area contributed by atoms with E-state index in [4.69, 9.17) is 16.3 Å². The third-order valence-electron chi connectivity index (χ3n) is 3.90. The lowest BCUT2D eigenvalue weighted by atomic mass is 10.1. The molecule has 2 aromatic rings. The number of carbonyl (C=O) groups is 1. The van der Waals surface area contributed by atoms with Crippen molar-refractivity contribution in [3.8, 4) is 5.75 Å². The van der Waals surface area contributed by atoms with Gasteiger partial charge >= 0.3 is 6.03 Å². The van der Waals surface area contributed by atoms with Crippen molar-refractivity contribution in [2.75, 3.05) is 19.7 Å². The summed E-state index contributed by atoms with van der Waals surface area (Å²) in [6.45, 7) is 5.77. The van der Waals surface area contributed by atoms with Crippen LogP contribution in [0, 0.1) is 13.8 Å². The molecular weight excluding hydrogens is 336 g/mol. The lowest BCUT2D eigenvalue weighted by Crippen LogP contribution is -2.37. The Kier molecular flexibility index (Phi) is 7.61. The first-order valence-corrected chi connectivity index (χ1v) is 8.90. The van der Waals surface area contributed by atoms with Crippen LogP contribution >= 0.6 is 11.6 Å². The third kappa shape index (κ3) is 6.31. The zero-order valence-corrected chi connectivity index (χ0v) is 15.5. The third-order valence-corrected chi connectivity index (χ3v) is 4.27. The molecule has 0 radical (unpaired) electrons. The number of urea groups is 1. The van der Waals surface area contributed by atoms with Crippen LogP contribution in [0.25, 0.3) is 0 Å². The minimum Gasteiger partial charge on any atom is -0.493 e. The van der Waals surface area contributed by atoms with Crippen molar-refractivity contribution in [3.63, 3.8) is 0 Å². The van der Waals surface area contributed by atoms with E-state index in [1.165, 1.54) is 0 Å². The Bertz CT molecular complexity index is 684. The summed E-state index contributed by atoms with van der Waals surface area (Å²) in [4.78, 5) is 11.8. The summed E-state index contributed by atoms with van der Waals surface area (Å²) in [6, 6.07) is 13.6.